The smallest absolute Gasteiger partial charge is 0.0292 e. The van der Waals surface area contributed by atoms with E-state index in [2.05, 4.69) is 69.3 Å². The van der Waals surface area contributed by atoms with Gasteiger partial charge in [0.1, 0.15) is 0 Å². The standard InChI is InChI=1S/C20H23N.CH4/c1-13(2)20-18-7-5-4-6-15(18)17(10-11-21)16-9-8-14(3)12-19(16)20;/h4-13,17,20H,21H2,1-3H3;1H4/b11-10+;. The molecule has 2 unspecified atom stereocenters. The van der Waals surface area contributed by atoms with Crippen LogP contribution in [0.25, 0.3) is 0 Å². The zero-order chi connectivity index (χ0) is 15.0. The molecule has 1 heteroatoms. The summed E-state index contributed by atoms with van der Waals surface area (Å²) in [7, 11) is 0. The quantitative estimate of drug-likeness (QED) is 0.795. The monoisotopic (exact) mass is 293 g/mol. The number of fused-ring (bicyclic) bond motifs is 2. The predicted octanol–water partition coefficient (Wildman–Crippen LogP) is 5.34. The van der Waals surface area contributed by atoms with Crippen molar-refractivity contribution in [2.75, 3.05) is 0 Å². The Morgan fingerprint density at radius 1 is 0.955 bits per heavy atom. The van der Waals surface area contributed by atoms with Gasteiger partial charge in [0.2, 0.25) is 0 Å². The Bertz CT molecular complexity index is 682. The zero-order valence-corrected chi connectivity index (χ0v) is 13.0. The van der Waals surface area contributed by atoms with Gasteiger partial charge in [0.05, 0.1) is 0 Å². The Morgan fingerprint density at radius 2 is 1.59 bits per heavy atom. The van der Waals surface area contributed by atoms with Gasteiger partial charge in [-0.05, 0) is 41.3 Å². The van der Waals surface area contributed by atoms with Crippen LogP contribution < -0.4 is 5.73 Å². The Balaban J connectivity index is 0.00000176. The summed E-state index contributed by atoms with van der Waals surface area (Å²) >= 11 is 0. The van der Waals surface area contributed by atoms with Crippen molar-refractivity contribution in [2.45, 2.75) is 40.0 Å². The maximum Gasteiger partial charge on any atom is 0.0292 e. The molecule has 3 rings (SSSR count). The summed E-state index contributed by atoms with van der Waals surface area (Å²) in [5.41, 5.74) is 12.8. The molecule has 0 radical (unpaired) electrons. The van der Waals surface area contributed by atoms with Gasteiger partial charge in [-0.15, -0.1) is 0 Å². The van der Waals surface area contributed by atoms with Crippen LogP contribution >= 0.6 is 0 Å². The number of aryl methyl sites for hydroxylation is 1. The first kappa shape index (κ1) is 16.4. The minimum Gasteiger partial charge on any atom is -0.405 e. The normalized spacial score (nSPS) is 19.6. The number of hydrogen-bond acceptors (Lipinski definition) is 1. The molecule has 1 nitrogen and oxygen atoms in total. The molecule has 0 amide bonds. The second kappa shape index (κ2) is 6.39. The average Bonchev–Trinajstić information content (AvgIpc) is 2.46. The van der Waals surface area contributed by atoms with Crippen molar-refractivity contribution in [1.82, 2.24) is 0 Å². The van der Waals surface area contributed by atoms with Crippen molar-refractivity contribution in [2.24, 2.45) is 11.7 Å². The molecular weight excluding hydrogens is 266 g/mol. The molecule has 0 saturated carbocycles. The number of hydrogen-bond donors (Lipinski definition) is 1. The van der Waals surface area contributed by atoms with Crippen molar-refractivity contribution >= 4 is 0 Å². The average molecular weight is 293 g/mol. The highest BCUT2D eigenvalue weighted by molar-refractivity contribution is 5.55. The minimum atomic E-state index is 0. The minimum absolute atomic E-state index is 0. The molecule has 2 aromatic rings. The van der Waals surface area contributed by atoms with Gasteiger partial charge in [-0.25, -0.2) is 0 Å². The van der Waals surface area contributed by atoms with E-state index in [-0.39, 0.29) is 13.3 Å². The van der Waals surface area contributed by atoms with E-state index in [0.29, 0.717) is 11.8 Å². The van der Waals surface area contributed by atoms with E-state index < -0.39 is 0 Å². The maximum atomic E-state index is 5.72. The van der Waals surface area contributed by atoms with Gasteiger partial charge in [0.15, 0.2) is 0 Å². The highest BCUT2D eigenvalue weighted by Gasteiger charge is 2.32. The van der Waals surface area contributed by atoms with Gasteiger partial charge in [-0.2, -0.15) is 0 Å². The molecule has 0 fully saturated rings. The first-order valence-electron chi connectivity index (χ1n) is 7.71. The lowest BCUT2D eigenvalue weighted by Crippen LogP contribution is -2.21. The first-order chi connectivity index (χ1) is 10.1. The van der Waals surface area contributed by atoms with Crippen LogP contribution in [0.3, 0.4) is 0 Å². The molecule has 0 saturated heterocycles. The van der Waals surface area contributed by atoms with Crippen LogP contribution in [0.2, 0.25) is 0 Å². The Kier molecular flexibility index (Phi) is 4.75. The fraction of sp³-hybridized carbons (Fsp3) is 0.333. The van der Waals surface area contributed by atoms with Crippen LogP contribution in [0.15, 0.2) is 54.7 Å². The van der Waals surface area contributed by atoms with E-state index in [1.165, 1.54) is 27.8 Å². The van der Waals surface area contributed by atoms with Crippen molar-refractivity contribution < 1.29 is 0 Å². The highest BCUT2D eigenvalue weighted by atomic mass is 14.5. The third-order valence-electron chi connectivity index (χ3n) is 4.55. The Morgan fingerprint density at radius 3 is 2.23 bits per heavy atom. The molecule has 0 aliphatic heterocycles. The third-order valence-corrected chi connectivity index (χ3v) is 4.55. The summed E-state index contributed by atoms with van der Waals surface area (Å²) in [5.74, 6) is 1.32. The van der Waals surface area contributed by atoms with Gasteiger partial charge < -0.3 is 5.73 Å². The lowest BCUT2D eigenvalue weighted by atomic mass is 9.68. The van der Waals surface area contributed by atoms with Crippen LogP contribution in [0.5, 0.6) is 0 Å². The second-order valence-electron chi connectivity index (χ2n) is 6.35. The first-order valence-corrected chi connectivity index (χ1v) is 7.71. The van der Waals surface area contributed by atoms with Gasteiger partial charge in [0, 0.05) is 11.8 Å². The van der Waals surface area contributed by atoms with Crippen LogP contribution in [0.1, 0.15) is 60.9 Å². The summed E-state index contributed by atoms with van der Waals surface area (Å²) in [6, 6.07) is 15.7. The van der Waals surface area contributed by atoms with Gasteiger partial charge in [-0.1, -0.05) is 75.4 Å². The largest absolute Gasteiger partial charge is 0.405 e. The molecule has 22 heavy (non-hydrogen) atoms. The summed E-state index contributed by atoms with van der Waals surface area (Å²) in [6.07, 6.45) is 3.80. The lowest BCUT2D eigenvalue weighted by Gasteiger charge is -2.35. The molecular formula is C21H27N. The number of rotatable bonds is 2. The van der Waals surface area contributed by atoms with Crippen LogP contribution in [0, 0.1) is 12.8 Å². The molecule has 0 heterocycles. The molecule has 1 aliphatic carbocycles. The number of allylic oxidation sites excluding steroid dienone is 1. The topological polar surface area (TPSA) is 26.0 Å². The number of nitrogens with two attached hydrogens (primary N) is 1. The lowest BCUT2D eigenvalue weighted by molar-refractivity contribution is 0.544. The predicted molar refractivity (Wildman–Crippen MR) is 96.2 cm³/mol. The molecule has 0 aromatic heterocycles. The van der Waals surface area contributed by atoms with Crippen LogP contribution in [0.4, 0.5) is 0 Å². The Labute approximate surface area is 134 Å². The Hall–Kier alpha value is -2.02. The fourth-order valence-corrected chi connectivity index (χ4v) is 3.70. The molecule has 2 N–H and O–H groups in total. The van der Waals surface area contributed by atoms with E-state index >= 15 is 0 Å². The fourth-order valence-electron chi connectivity index (χ4n) is 3.70. The van der Waals surface area contributed by atoms with E-state index in [1.54, 1.807) is 6.20 Å². The molecule has 2 aromatic carbocycles. The summed E-state index contributed by atoms with van der Waals surface area (Å²) < 4.78 is 0. The van der Waals surface area contributed by atoms with Gasteiger partial charge >= 0.3 is 0 Å². The van der Waals surface area contributed by atoms with Crippen molar-refractivity contribution in [3.63, 3.8) is 0 Å². The molecule has 116 valence electrons. The van der Waals surface area contributed by atoms with Crippen molar-refractivity contribution in [3.8, 4) is 0 Å². The van der Waals surface area contributed by atoms with E-state index in [1.807, 2.05) is 0 Å². The van der Waals surface area contributed by atoms with Gasteiger partial charge in [0.25, 0.3) is 0 Å². The van der Waals surface area contributed by atoms with Crippen molar-refractivity contribution in [1.29, 1.82) is 0 Å². The summed E-state index contributed by atoms with van der Waals surface area (Å²) in [6.45, 7) is 6.80. The van der Waals surface area contributed by atoms with E-state index in [9.17, 15) is 0 Å². The van der Waals surface area contributed by atoms with Crippen molar-refractivity contribution in [3.05, 3.63) is 82.6 Å². The SMILES string of the molecule is C.Cc1ccc2c(c1)C(C(C)C)c1ccccc1C2/C=C/N. The number of benzene rings is 2. The maximum absolute atomic E-state index is 5.72. The highest BCUT2D eigenvalue weighted by Crippen LogP contribution is 2.46. The summed E-state index contributed by atoms with van der Waals surface area (Å²) in [4.78, 5) is 0. The molecule has 1 aliphatic rings. The third kappa shape index (κ3) is 2.56. The molecule has 0 spiro atoms. The second-order valence-corrected chi connectivity index (χ2v) is 6.35. The van der Waals surface area contributed by atoms with Crippen LogP contribution in [-0.4, -0.2) is 0 Å². The van der Waals surface area contributed by atoms with E-state index in [4.69, 9.17) is 5.73 Å². The zero-order valence-electron chi connectivity index (χ0n) is 13.0. The molecule has 2 atom stereocenters. The summed E-state index contributed by atoms with van der Waals surface area (Å²) in [5, 5.41) is 0. The van der Waals surface area contributed by atoms with Gasteiger partial charge in [-0.3, -0.25) is 0 Å². The van der Waals surface area contributed by atoms with E-state index in [0.717, 1.165) is 0 Å². The molecule has 0 bridgehead atoms. The van der Waals surface area contributed by atoms with Crippen LogP contribution in [-0.2, 0) is 0 Å².